The summed E-state index contributed by atoms with van der Waals surface area (Å²) < 4.78 is 26.4. The van der Waals surface area contributed by atoms with E-state index in [2.05, 4.69) is 16.3 Å². The molecule has 0 bridgehead atoms. The molecule has 0 aromatic carbocycles. The van der Waals surface area contributed by atoms with Gasteiger partial charge in [0.1, 0.15) is 0 Å². The molecular formula is C4H7ClF2O2. The van der Waals surface area contributed by atoms with E-state index in [4.69, 9.17) is 0 Å². The molecule has 0 saturated heterocycles. The molecule has 0 rings (SSSR count). The van der Waals surface area contributed by atoms with Gasteiger partial charge in [0.15, 0.2) is 0 Å². The first-order valence-corrected chi connectivity index (χ1v) is 2.01. The number of carbonyl (C=O) groups is 1. The molecule has 5 heteroatoms. The van der Waals surface area contributed by atoms with E-state index in [1.54, 1.807) is 0 Å². The van der Waals surface area contributed by atoms with Crippen molar-refractivity contribution < 1.29 is 18.3 Å². The number of hydrogen-bond donors (Lipinski definition) is 0. The average molecular weight is 161 g/mol. The Hall–Kier alpha value is -0.380. The molecule has 0 aliphatic carbocycles. The van der Waals surface area contributed by atoms with Crippen molar-refractivity contribution in [3.05, 3.63) is 0 Å². The maximum absolute atomic E-state index is 11.4. The lowest BCUT2D eigenvalue weighted by Crippen LogP contribution is -2.22. The van der Waals surface area contributed by atoms with Crippen molar-refractivity contribution in [1.29, 1.82) is 0 Å². The zero-order valence-corrected chi connectivity index (χ0v) is 4.71. The fourth-order valence-electron chi connectivity index (χ4n) is 0.116. The van der Waals surface area contributed by atoms with E-state index in [1.165, 1.54) is 0 Å². The summed E-state index contributed by atoms with van der Waals surface area (Å²) in [6.45, 7) is 0. The van der Waals surface area contributed by atoms with Crippen molar-refractivity contribution in [2.75, 3.05) is 7.11 Å². The highest BCUT2D eigenvalue weighted by Gasteiger charge is 2.36. The van der Waals surface area contributed by atoms with E-state index < -0.39 is 11.4 Å². The smallest absolute Gasteiger partial charge is 0.417 e. The second-order valence-corrected chi connectivity index (χ2v) is 1.46. The molecular weight excluding hydrogens is 153 g/mol. The number of methoxy groups -OCH3 is 1. The summed E-state index contributed by atoms with van der Waals surface area (Å²) in [6.07, 6.45) is 0. The van der Waals surface area contributed by atoms with Gasteiger partial charge >= 0.3 is 11.4 Å². The van der Waals surface area contributed by atoms with Crippen LogP contribution in [0.4, 0.5) is 8.78 Å². The first kappa shape index (κ1) is 11.4. The van der Waals surface area contributed by atoms with Crippen molar-refractivity contribution >= 4 is 17.6 Å². The van der Waals surface area contributed by atoms with Gasteiger partial charge in [0, 0.05) is 0 Å². The fraction of sp³-hybridized carbons (Fsp3) is 0.750. The van der Waals surface area contributed by atoms with Gasteiger partial charge in [-0.3, -0.25) is 0 Å². The highest BCUT2D eigenvalue weighted by molar-refractivity contribution is 6.31. The molecule has 0 aliphatic rings. The van der Waals surface area contributed by atoms with Gasteiger partial charge in [0.05, 0.1) is 7.11 Å². The van der Waals surface area contributed by atoms with Crippen LogP contribution in [0.1, 0.15) is 7.43 Å². The lowest BCUT2D eigenvalue weighted by Gasteiger charge is -2.01. The summed E-state index contributed by atoms with van der Waals surface area (Å²) >= 11 is 4.18. The minimum absolute atomic E-state index is 0. The van der Waals surface area contributed by atoms with Gasteiger partial charge in [-0.05, 0) is 11.6 Å². The number of hydrogen-bond acceptors (Lipinski definition) is 2. The molecule has 0 heterocycles. The monoisotopic (exact) mass is 160 g/mol. The standard InChI is InChI=1S/C3H3ClF2O2.CH4/c1-8-2(7)3(4,5)6;/h1H3;1H4. The molecule has 0 spiro atoms. The van der Waals surface area contributed by atoms with E-state index >= 15 is 0 Å². The number of carbonyl (C=O) groups excluding carboxylic acids is 1. The fourth-order valence-corrected chi connectivity index (χ4v) is 0.193. The normalized spacial score (nSPS) is 9.78. The van der Waals surface area contributed by atoms with Gasteiger partial charge in [-0.1, -0.05) is 7.43 Å². The molecule has 0 aromatic heterocycles. The summed E-state index contributed by atoms with van der Waals surface area (Å²) in [7, 11) is 0.832. The highest BCUT2D eigenvalue weighted by atomic mass is 35.5. The molecule has 0 aliphatic heterocycles. The minimum Gasteiger partial charge on any atom is -0.464 e. The number of halogens is 3. The van der Waals surface area contributed by atoms with E-state index in [0.29, 0.717) is 0 Å². The summed E-state index contributed by atoms with van der Waals surface area (Å²) in [5.41, 5.74) is 0. The molecule has 0 aromatic rings. The van der Waals surface area contributed by atoms with E-state index in [-0.39, 0.29) is 7.43 Å². The largest absolute Gasteiger partial charge is 0.464 e. The third-order valence-electron chi connectivity index (χ3n) is 0.417. The number of alkyl halides is 3. The van der Waals surface area contributed by atoms with Gasteiger partial charge in [-0.2, -0.15) is 8.78 Å². The molecule has 0 atom stereocenters. The molecule has 56 valence electrons. The van der Waals surface area contributed by atoms with Gasteiger partial charge in [0.2, 0.25) is 0 Å². The zero-order valence-electron chi connectivity index (χ0n) is 3.95. The first-order chi connectivity index (χ1) is 3.48. The maximum atomic E-state index is 11.4. The number of esters is 1. The van der Waals surface area contributed by atoms with Crippen LogP contribution in [-0.4, -0.2) is 18.5 Å². The Labute approximate surface area is 56.7 Å². The molecule has 0 unspecified atom stereocenters. The highest BCUT2D eigenvalue weighted by Crippen LogP contribution is 2.19. The van der Waals surface area contributed by atoms with Crippen molar-refractivity contribution in [2.24, 2.45) is 0 Å². The van der Waals surface area contributed by atoms with Crippen LogP contribution in [0.3, 0.4) is 0 Å². The van der Waals surface area contributed by atoms with Crippen LogP contribution in [0, 0.1) is 0 Å². The average Bonchev–Trinajstić information content (AvgIpc) is 1.62. The first-order valence-electron chi connectivity index (χ1n) is 1.63. The van der Waals surface area contributed by atoms with Crippen LogP contribution in [0.15, 0.2) is 0 Å². The summed E-state index contributed by atoms with van der Waals surface area (Å²) in [5, 5.41) is -3.88. The Morgan fingerprint density at radius 3 is 2.00 bits per heavy atom. The van der Waals surface area contributed by atoms with Crippen molar-refractivity contribution in [2.45, 2.75) is 12.8 Å². The number of ether oxygens (including phenoxy) is 1. The molecule has 0 saturated carbocycles. The van der Waals surface area contributed by atoms with Crippen LogP contribution < -0.4 is 0 Å². The Kier molecular flexibility index (Phi) is 4.58. The Morgan fingerprint density at radius 2 is 2.00 bits per heavy atom. The lowest BCUT2D eigenvalue weighted by molar-refractivity contribution is -0.157. The van der Waals surface area contributed by atoms with Crippen LogP contribution in [0.5, 0.6) is 0 Å². The predicted octanol–water partition coefficient (Wildman–Crippen LogP) is 1.63. The van der Waals surface area contributed by atoms with Gasteiger partial charge in [-0.25, -0.2) is 4.79 Å². The summed E-state index contributed by atoms with van der Waals surface area (Å²) in [5.74, 6) is -1.74. The molecule has 0 N–H and O–H groups in total. The molecule has 0 amide bonds. The molecule has 2 nitrogen and oxygen atoms in total. The topological polar surface area (TPSA) is 26.3 Å². The maximum Gasteiger partial charge on any atom is 0.417 e. The Bertz CT molecular complexity index is 99.2. The van der Waals surface area contributed by atoms with Gasteiger partial charge < -0.3 is 4.74 Å². The predicted molar refractivity (Wildman–Crippen MR) is 29.5 cm³/mol. The van der Waals surface area contributed by atoms with Crippen LogP contribution in [-0.2, 0) is 9.53 Å². The van der Waals surface area contributed by atoms with Crippen LogP contribution in [0.25, 0.3) is 0 Å². The van der Waals surface area contributed by atoms with Crippen molar-refractivity contribution in [3.8, 4) is 0 Å². The second-order valence-electron chi connectivity index (χ2n) is 0.989. The summed E-state index contributed by atoms with van der Waals surface area (Å²) in [6, 6.07) is 0. The van der Waals surface area contributed by atoms with Gasteiger partial charge in [0.25, 0.3) is 0 Å². The van der Waals surface area contributed by atoms with Crippen LogP contribution in [0.2, 0.25) is 0 Å². The van der Waals surface area contributed by atoms with Crippen LogP contribution >= 0.6 is 11.6 Å². The van der Waals surface area contributed by atoms with E-state index in [1.807, 2.05) is 0 Å². The SMILES string of the molecule is C.COC(=O)C(F)(F)Cl. The molecule has 0 radical (unpaired) electrons. The van der Waals surface area contributed by atoms with Gasteiger partial charge in [-0.15, -0.1) is 0 Å². The van der Waals surface area contributed by atoms with Crippen molar-refractivity contribution in [1.82, 2.24) is 0 Å². The lowest BCUT2D eigenvalue weighted by atomic mass is 10.7. The minimum atomic E-state index is -3.88. The number of rotatable bonds is 1. The van der Waals surface area contributed by atoms with E-state index in [9.17, 15) is 13.6 Å². The quantitative estimate of drug-likeness (QED) is 0.431. The summed E-state index contributed by atoms with van der Waals surface area (Å²) in [4.78, 5) is 9.73. The third kappa shape index (κ3) is 4.14. The molecule has 0 fully saturated rings. The van der Waals surface area contributed by atoms with E-state index in [0.717, 1.165) is 7.11 Å². The van der Waals surface area contributed by atoms with Crippen molar-refractivity contribution in [3.63, 3.8) is 0 Å². The molecule has 9 heavy (non-hydrogen) atoms. The zero-order chi connectivity index (χ0) is 6.78. The Balaban J connectivity index is 0. The third-order valence-corrected chi connectivity index (χ3v) is 0.571. The Morgan fingerprint density at radius 1 is 1.67 bits per heavy atom. The second kappa shape index (κ2) is 3.61.